The van der Waals surface area contributed by atoms with Crippen molar-refractivity contribution >= 4 is 33.3 Å². The quantitative estimate of drug-likeness (QED) is 0.362. The van der Waals surface area contributed by atoms with E-state index in [4.69, 9.17) is 14.2 Å². The Morgan fingerprint density at radius 1 is 1.25 bits per heavy atom. The topological polar surface area (TPSA) is 83.0 Å². The van der Waals surface area contributed by atoms with Crippen LogP contribution in [0.5, 0.6) is 0 Å². The molecule has 3 aromatic heterocycles. The Morgan fingerprint density at radius 2 is 2.09 bits per heavy atom. The molecule has 172 valence electrons. The van der Waals surface area contributed by atoms with Crippen molar-refractivity contribution in [2.45, 2.75) is 88.8 Å². The van der Waals surface area contributed by atoms with E-state index in [0.29, 0.717) is 29.3 Å². The van der Waals surface area contributed by atoms with Crippen LogP contribution in [-0.4, -0.2) is 32.4 Å². The number of hydrogen-bond donors (Lipinski definition) is 0. The van der Waals surface area contributed by atoms with E-state index >= 15 is 0 Å². The van der Waals surface area contributed by atoms with Gasteiger partial charge in [0.2, 0.25) is 5.89 Å². The molecule has 0 N–H and O–H groups in total. The Kier molecular flexibility index (Phi) is 6.15. The van der Waals surface area contributed by atoms with Gasteiger partial charge in [-0.05, 0) is 50.5 Å². The summed E-state index contributed by atoms with van der Waals surface area (Å²) in [5.74, 6) is 2.13. The van der Waals surface area contributed by atoms with Crippen molar-refractivity contribution in [1.82, 2.24) is 19.7 Å². The second-order valence-electron chi connectivity index (χ2n) is 9.38. The predicted molar refractivity (Wildman–Crippen MR) is 127 cm³/mol. The summed E-state index contributed by atoms with van der Waals surface area (Å²) in [4.78, 5) is 25.5. The second-order valence-corrected chi connectivity index (χ2v) is 11.8. The lowest BCUT2D eigenvalue weighted by Crippen LogP contribution is -2.29. The maximum Gasteiger partial charge on any atom is 0.263 e. The van der Waals surface area contributed by atoms with Crippen LogP contribution in [0.3, 0.4) is 0 Å². The molecule has 3 unspecified atom stereocenters. The summed E-state index contributed by atoms with van der Waals surface area (Å²) in [6.07, 6.45) is 5.22. The monoisotopic (exact) mass is 474 g/mol. The standard InChI is InChI=1S/C23H30N4O3S2/c1-12(2)19-24-20(30-26-19)14(4)31-23-25-21-18(16-8-7-13(3)10-17(16)32-21)22(28)27(23)11-15-6-5-9-29-15/h12-15H,5-11H2,1-4H3. The predicted octanol–water partition coefficient (Wildman–Crippen LogP) is 5.12. The third-order valence-corrected chi connectivity index (χ3v) is 8.62. The third kappa shape index (κ3) is 4.15. The largest absolute Gasteiger partial charge is 0.376 e. The summed E-state index contributed by atoms with van der Waals surface area (Å²) < 4.78 is 13.2. The first-order valence-electron chi connectivity index (χ1n) is 11.6. The molecule has 1 saturated heterocycles. The van der Waals surface area contributed by atoms with Crippen molar-refractivity contribution in [3.63, 3.8) is 0 Å². The van der Waals surface area contributed by atoms with Crippen molar-refractivity contribution in [1.29, 1.82) is 0 Å². The highest BCUT2D eigenvalue weighted by Gasteiger charge is 2.28. The number of fused-ring (bicyclic) bond motifs is 3. The van der Waals surface area contributed by atoms with Gasteiger partial charge in [-0.15, -0.1) is 11.3 Å². The number of aryl methyl sites for hydroxylation is 1. The highest BCUT2D eigenvalue weighted by atomic mass is 32.2. The van der Waals surface area contributed by atoms with E-state index in [1.54, 1.807) is 11.3 Å². The van der Waals surface area contributed by atoms with Crippen molar-refractivity contribution in [2.24, 2.45) is 5.92 Å². The van der Waals surface area contributed by atoms with Gasteiger partial charge >= 0.3 is 0 Å². The summed E-state index contributed by atoms with van der Waals surface area (Å²) in [5.41, 5.74) is 1.30. The Bertz CT molecular complexity index is 1180. The number of thioether (sulfide) groups is 1. The van der Waals surface area contributed by atoms with Crippen LogP contribution in [0.1, 0.15) is 80.3 Å². The van der Waals surface area contributed by atoms with Crippen LogP contribution >= 0.6 is 23.1 Å². The smallest absolute Gasteiger partial charge is 0.263 e. The fourth-order valence-electron chi connectivity index (χ4n) is 4.50. The number of hydrogen-bond acceptors (Lipinski definition) is 8. The van der Waals surface area contributed by atoms with Crippen molar-refractivity contribution in [2.75, 3.05) is 6.61 Å². The minimum atomic E-state index is -0.107. The van der Waals surface area contributed by atoms with Crippen molar-refractivity contribution in [3.05, 3.63) is 32.5 Å². The molecule has 0 spiro atoms. The molecule has 1 fully saturated rings. The average molecular weight is 475 g/mol. The van der Waals surface area contributed by atoms with Gasteiger partial charge in [-0.3, -0.25) is 9.36 Å². The number of rotatable bonds is 6. The third-order valence-electron chi connectivity index (χ3n) is 6.39. The molecule has 5 rings (SSSR count). The van der Waals surface area contributed by atoms with E-state index in [1.807, 2.05) is 25.3 Å². The fraction of sp³-hybridized carbons (Fsp3) is 0.652. The molecule has 1 aliphatic carbocycles. The van der Waals surface area contributed by atoms with Crippen LogP contribution in [0.4, 0.5) is 0 Å². The molecule has 0 aromatic carbocycles. The maximum atomic E-state index is 13.8. The zero-order chi connectivity index (χ0) is 22.4. The van der Waals surface area contributed by atoms with Crippen LogP contribution in [-0.2, 0) is 24.1 Å². The van der Waals surface area contributed by atoms with Crippen LogP contribution in [0.2, 0.25) is 0 Å². The van der Waals surface area contributed by atoms with Gasteiger partial charge in [0.05, 0.1) is 23.3 Å². The van der Waals surface area contributed by atoms with Gasteiger partial charge in [-0.2, -0.15) is 4.98 Å². The molecule has 0 bridgehead atoms. The Balaban J connectivity index is 1.55. The van der Waals surface area contributed by atoms with Gasteiger partial charge in [0.15, 0.2) is 11.0 Å². The molecular formula is C23H30N4O3S2. The fourth-order valence-corrected chi connectivity index (χ4v) is 6.88. The molecule has 0 radical (unpaired) electrons. The van der Waals surface area contributed by atoms with E-state index in [1.165, 1.54) is 22.2 Å². The average Bonchev–Trinajstić information content (AvgIpc) is 3.49. The van der Waals surface area contributed by atoms with Crippen LogP contribution < -0.4 is 5.56 Å². The number of thiophene rings is 1. The van der Waals surface area contributed by atoms with Crippen LogP contribution in [0.15, 0.2) is 14.5 Å². The molecule has 0 saturated carbocycles. The Labute approximate surface area is 196 Å². The van der Waals surface area contributed by atoms with E-state index in [0.717, 1.165) is 48.9 Å². The minimum Gasteiger partial charge on any atom is -0.376 e. The molecule has 4 heterocycles. The lowest BCUT2D eigenvalue weighted by molar-refractivity contribution is 0.0937. The van der Waals surface area contributed by atoms with Gasteiger partial charge < -0.3 is 9.26 Å². The van der Waals surface area contributed by atoms with Gasteiger partial charge in [-0.1, -0.05) is 37.7 Å². The summed E-state index contributed by atoms with van der Waals surface area (Å²) >= 11 is 3.21. The van der Waals surface area contributed by atoms with E-state index in [2.05, 4.69) is 17.1 Å². The Hall–Kier alpha value is -1.71. The van der Waals surface area contributed by atoms with E-state index in [-0.39, 0.29) is 22.8 Å². The number of aromatic nitrogens is 4. The van der Waals surface area contributed by atoms with Crippen LogP contribution in [0, 0.1) is 5.92 Å². The maximum absolute atomic E-state index is 13.8. The van der Waals surface area contributed by atoms with Gasteiger partial charge in [-0.25, -0.2) is 4.98 Å². The summed E-state index contributed by atoms with van der Waals surface area (Å²) in [6, 6.07) is 0. The lowest BCUT2D eigenvalue weighted by Gasteiger charge is -2.19. The molecular weight excluding hydrogens is 444 g/mol. The zero-order valence-corrected chi connectivity index (χ0v) is 20.7. The summed E-state index contributed by atoms with van der Waals surface area (Å²) in [5, 5.41) is 5.52. The van der Waals surface area contributed by atoms with E-state index in [9.17, 15) is 4.79 Å². The molecule has 9 heteroatoms. The van der Waals surface area contributed by atoms with Crippen molar-refractivity contribution in [3.8, 4) is 0 Å². The van der Waals surface area contributed by atoms with Crippen LogP contribution in [0.25, 0.3) is 10.2 Å². The van der Waals surface area contributed by atoms with Gasteiger partial charge in [0.25, 0.3) is 5.56 Å². The summed E-state index contributed by atoms with van der Waals surface area (Å²) in [6.45, 7) is 9.70. The molecule has 3 aromatic rings. The highest BCUT2D eigenvalue weighted by molar-refractivity contribution is 7.99. The van der Waals surface area contributed by atoms with Gasteiger partial charge in [0.1, 0.15) is 4.83 Å². The number of nitrogens with zero attached hydrogens (tertiary/aromatic N) is 4. The molecule has 3 atom stereocenters. The molecule has 0 amide bonds. The molecule has 32 heavy (non-hydrogen) atoms. The normalized spacial score (nSPS) is 22.0. The SMILES string of the molecule is CC1CCc2c(sc3nc(SC(C)c4nc(C(C)C)no4)n(CC4CCCO4)c(=O)c23)C1. The first kappa shape index (κ1) is 22.1. The minimum absolute atomic E-state index is 0.0621. The van der Waals surface area contributed by atoms with Crippen molar-refractivity contribution < 1.29 is 9.26 Å². The van der Waals surface area contributed by atoms with E-state index < -0.39 is 0 Å². The molecule has 2 aliphatic rings. The summed E-state index contributed by atoms with van der Waals surface area (Å²) in [7, 11) is 0. The Morgan fingerprint density at radius 3 is 2.81 bits per heavy atom. The lowest BCUT2D eigenvalue weighted by atomic mass is 9.89. The molecule has 7 nitrogen and oxygen atoms in total. The van der Waals surface area contributed by atoms with Gasteiger partial charge in [0, 0.05) is 17.4 Å². The number of ether oxygens (including phenoxy) is 1. The molecule has 1 aliphatic heterocycles. The highest BCUT2D eigenvalue weighted by Crippen LogP contribution is 2.39. The first-order valence-corrected chi connectivity index (χ1v) is 13.3. The zero-order valence-electron chi connectivity index (χ0n) is 19.1. The second kappa shape index (κ2) is 8.91. The first-order chi connectivity index (χ1) is 15.4.